The van der Waals surface area contributed by atoms with Crippen molar-refractivity contribution >= 4 is 31.8 Å². The lowest BCUT2D eigenvalue weighted by molar-refractivity contribution is -0.142. The fourth-order valence-electron chi connectivity index (χ4n) is 1.39. The van der Waals surface area contributed by atoms with Crippen molar-refractivity contribution in [1.29, 1.82) is 0 Å². The van der Waals surface area contributed by atoms with Gasteiger partial charge in [-0.15, -0.1) is 0 Å². The smallest absolute Gasteiger partial charge is 0.306 e. The third-order valence-corrected chi connectivity index (χ3v) is 4.39. The molecule has 1 aromatic rings. The van der Waals surface area contributed by atoms with Crippen LogP contribution in [0.1, 0.15) is 13.3 Å². The molecular formula is C9H16N4O6S2. The highest BCUT2D eigenvalue weighted by Gasteiger charge is 2.23. The van der Waals surface area contributed by atoms with E-state index in [0.717, 1.165) is 10.9 Å². The molecular weight excluding hydrogens is 324 g/mol. The van der Waals surface area contributed by atoms with Crippen LogP contribution in [0.15, 0.2) is 11.1 Å². The molecule has 0 atom stereocenters. The molecule has 21 heavy (non-hydrogen) atoms. The van der Waals surface area contributed by atoms with Gasteiger partial charge in [0.05, 0.1) is 18.8 Å². The molecule has 1 rings (SSSR count). The Kier molecular flexibility index (Phi) is 5.31. The molecule has 120 valence electrons. The second kappa shape index (κ2) is 6.41. The van der Waals surface area contributed by atoms with E-state index in [1.54, 1.807) is 6.92 Å². The standard InChI is InChI=1S/C9H16N4O6S2/c1-3-19-8(14)4-5-20(15,16)12-9-7(21(10,17)18)6-13(2)11-9/h6H,3-5H2,1-2H3,(H,11,12)(H2,10,17,18). The first-order valence-electron chi connectivity index (χ1n) is 5.77. The van der Waals surface area contributed by atoms with Crippen LogP contribution >= 0.6 is 0 Å². The number of hydrogen-bond acceptors (Lipinski definition) is 7. The Morgan fingerprint density at radius 3 is 2.57 bits per heavy atom. The van der Waals surface area contributed by atoms with Crippen molar-refractivity contribution in [3.8, 4) is 0 Å². The van der Waals surface area contributed by atoms with Gasteiger partial charge in [0.15, 0.2) is 5.82 Å². The summed E-state index contributed by atoms with van der Waals surface area (Å²) in [5.41, 5.74) is 0. The number of rotatable bonds is 7. The maximum Gasteiger partial charge on any atom is 0.306 e. The molecule has 1 heterocycles. The van der Waals surface area contributed by atoms with Gasteiger partial charge in [0.25, 0.3) is 0 Å². The highest BCUT2D eigenvalue weighted by molar-refractivity contribution is 7.93. The minimum Gasteiger partial charge on any atom is -0.466 e. The van der Waals surface area contributed by atoms with Crippen LogP contribution in [-0.4, -0.2) is 44.9 Å². The highest BCUT2D eigenvalue weighted by atomic mass is 32.2. The zero-order valence-electron chi connectivity index (χ0n) is 11.4. The summed E-state index contributed by atoms with van der Waals surface area (Å²) in [6.07, 6.45) is 0.708. The van der Waals surface area contributed by atoms with E-state index in [2.05, 4.69) is 9.84 Å². The number of hydrogen-bond donors (Lipinski definition) is 2. The number of sulfonamides is 2. The summed E-state index contributed by atoms with van der Waals surface area (Å²) in [4.78, 5) is 10.7. The van der Waals surface area contributed by atoms with Crippen LogP contribution < -0.4 is 9.86 Å². The quantitative estimate of drug-likeness (QED) is 0.589. The van der Waals surface area contributed by atoms with Crippen molar-refractivity contribution in [2.24, 2.45) is 12.2 Å². The first-order chi connectivity index (χ1) is 9.55. The minimum absolute atomic E-state index is 0.141. The van der Waals surface area contributed by atoms with Gasteiger partial charge >= 0.3 is 5.97 Å². The number of aryl methyl sites for hydroxylation is 1. The van der Waals surface area contributed by atoms with Gasteiger partial charge in [0.1, 0.15) is 4.90 Å². The largest absolute Gasteiger partial charge is 0.466 e. The summed E-state index contributed by atoms with van der Waals surface area (Å²) in [6, 6.07) is 0. The van der Waals surface area contributed by atoms with Crippen LogP contribution in [0.3, 0.4) is 0 Å². The predicted molar refractivity (Wildman–Crippen MR) is 73.2 cm³/mol. The molecule has 0 saturated carbocycles. The fraction of sp³-hybridized carbons (Fsp3) is 0.556. The van der Waals surface area contributed by atoms with Crippen LogP contribution in [0.4, 0.5) is 5.82 Å². The molecule has 0 bridgehead atoms. The molecule has 0 radical (unpaired) electrons. The van der Waals surface area contributed by atoms with Crippen molar-refractivity contribution in [2.75, 3.05) is 17.1 Å². The fourth-order valence-corrected chi connectivity index (χ4v) is 3.10. The van der Waals surface area contributed by atoms with E-state index in [1.807, 2.05) is 4.72 Å². The van der Waals surface area contributed by atoms with Crippen LogP contribution in [-0.2, 0) is 36.6 Å². The Morgan fingerprint density at radius 2 is 2.05 bits per heavy atom. The highest BCUT2D eigenvalue weighted by Crippen LogP contribution is 2.18. The van der Waals surface area contributed by atoms with Gasteiger partial charge in [0, 0.05) is 13.2 Å². The Balaban J connectivity index is 2.88. The molecule has 0 spiro atoms. The second-order valence-electron chi connectivity index (χ2n) is 4.04. The van der Waals surface area contributed by atoms with Crippen molar-refractivity contribution in [2.45, 2.75) is 18.2 Å². The average molecular weight is 340 g/mol. The van der Waals surface area contributed by atoms with E-state index in [9.17, 15) is 21.6 Å². The second-order valence-corrected chi connectivity index (χ2v) is 7.41. The molecule has 3 N–H and O–H groups in total. The third kappa shape index (κ3) is 5.32. The number of ether oxygens (including phenoxy) is 1. The van der Waals surface area contributed by atoms with Crippen molar-refractivity contribution in [3.05, 3.63) is 6.20 Å². The predicted octanol–water partition coefficient (Wildman–Crippen LogP) is -1.24. The summed E-state index contributed by atoms with van der Waals surface area (Å²) in [5.74, 6) is -1.65. The Bertz CT molecular complexity index is 721. The summed E-state index contributed by atoms with van der Waals surface area (Å²) >= 11 is 0. The molecule has 0 amide bonds. The van der Waals surface area contributed by atoms with E-state index >= 15 is 0 Å². The Hall–Kier alpha value is -1.66. The molecule has 0 aliphatic carbocycles. The van der Waals surface area contributed by atoms with E-state index in [1.165, 1.54) is 7.05 Å². The van der Waals surface area contributed by atoms with Gasteiger partial charge in [-0.1, -0.05) is 0 Å². The number of nitrogens with two attached hydrogens (primary N) is 1. The van der Waals surface area contributed by atoms with Gasteiger partial charge in [-0.2, -0.15) is 5.10 Å². The number of aromatic nitrogens is 2. The normalized spacial score (nSPS) is 12.1. The number of carbonyl (C=O) groups is 1. The molecule has 0 unspecified atom stereocenters. The topological polar surface area (TPSA) is 150 Å². The number of anilines is 1. The van der Waals surface area contributed by atoms with E-state index in [4.69, 9.17) is 5.14 Å². The van der Waals surface area contributed by atoms with Gasteiger partial charge in [0.2, 0.25) is 20.0 Å². The van der Waals surface area contributed by atoms with Crippen LogP contribution in [0.25, 0.3) is 0 Å². The molecule has 0 aromatic carbocycles. The van der Waals surface area contributed by atoms with Gasteiger partial charge in [-0.05, 0) is 6.92 Å². The average Bonchev–Trinajstić information content (AvgIpc) is 2.67. The van der Waals surface area contributed by atoms with Gasteiger partial charge < -0.3 is 4.74 Å². The van der Waals surface area contributed by atoms with Gasteiger partial charge in [-0.25, -0.2) is 22.0 Å². The van der Waals surface area contributed by atoms with Crippen LogP contribution in [0.5, 0.6) is 0 Å². The maximum absolute atomic E-state index is 11.8. The van der Waals surface area contributed by atoms with Crippen molar-refractivity contribution in [1.82, 2.24) is 9.78 Å². The van der Waals surface area contributed by atoms with Gasteiger partial charge in [-0.3, -0.25) is 14.2 Å². The first kappa shape index (κ1) is 17.4. The van der Waals surface area contributed by atoms with E-state index in [0.29, 0.717) is 0 Å². The third-order valence-electron chi connectivity index (χ3n) is 2.23. The number of nitrogens with one attached hydrogen (secondary N) is 1. The molecule has 10 nitrogen and oxygen atoms in total. The maximum atomic E-state index is 11.8. The zero-order chi connectivity index (χ0) is 16.3. The van der Waals surface area contributed by atoms with Crippen molar-refractivity contribution < 1.29 is 26.4 Å². The lowest BCUT2D eigenvalue weighted by Gasteiger charge is -2.06. The molecule has 12 heteroatoms. The summed E-state index contributed by atoms with van der Waals surface area (Å²) < 4.78 is 53.9. The monoisotopic (exact) mass is 340 g/mol. The Morgan fingerprint density at radius 1 is 1.43 bits per heavy atom. The lowest BCUT2D eigenvalue weighted by Crippen LogP contribution is -2.22. The van der Waals surface area contributed by atoms with Crippen molar-refractivity contribution in [3.63, 3.8) is 0 Å². The SMILES string of the molecule is CCOC(=O)CCS(=O)(=O)Nc1nn(C)cc1S(N)(=O)=O. The number of esters is 1. The molecule has 1 aromatic heterocycles. The zero-order valence-corrected chi connectivity index (χ0v) is 13.1. The lowest BCUT2D eigenvalue weighted by atomic mass is 10.5. The van der Waals surface area contributed by atoms with Crippen LogP contribution in [0, 0.1) is 0 Å². The molecule has 0 aliphatic heterocycles. The van der Waals surface area contributed by atoms with Crippen LogP contribution in [0.2, 0.25) is 0 Å². The van der Waals surface area contributed by atoms with E-state index in [-0.39, 0.29) is 13.0 Å². The first-order valence-corrected chi connectivity index (χ1v) is 8.97. The minimum atomic E-state index is -4.13. The summed E-state index contributed by atoms with van der Waals surface area (Å²) in [5, 5.41) is 8.64. The summed E-state index contributed by atoms with van der Waals surface area (Å²) in [6.45, 7) is 1.74. The molecule has 0 fully saturated rings. The summed E-state index contributed by atoms with van der Waals surface area (Å²) in [7, 11) is -6.68. The van der Waals surface area contributed by atoms with E-state index < -0.39 is 42.5 Å². The number of primary sulfonamides is 1. The number of carbonyl (C=O) groups excluding carboxylic acids is 1. The molecule has 0 saturated heterocycles. The molecule has 0 aliphatic rings. The Labute approximate surface area is 122 Å². The number of nitrogens with zero attached hydrogens (tertiary/aromatic N) is 2.